The van der Waals surface area contributed by atoms with E-state index in [1.807, 2.05) is 0 Å². The monoisotopic (exact) mass is 294 g/mol. The maximum atomic E-state index is 12.8. The molecule has 0 aliphatic carbocycles. The van der Waals surface area contributed by atoms with Gasteiger partial charge < -0.3 is 5.32 Å². The number of carbonyl (C=O) groups is 1. The minimum Gasteiger partial charge on any atom is -0.328 e. The zero-order chi connectivity index (χ0) is 16.6. The van der Waals surface area contributed by atoms with E-state index >= 15 is 0 Å². The van der Waals surface area contributed by atoms with Gasteiger partial charge in [-0.05, 0) is 24.0 Å². The molecule has 3 nitrogen and oxygen atoms in total. The Balaban J connectivity index is 3.34. The summed E-state index contributed by atoms with van der Waals surface area (Å²) in [7, 11) is 2.08. The number of hydrogen-bond acceptors (Lipinski definition) is 2. The molecule has 0 spiro atoms. The van der Waals surface area contributed by atoms with Crippen LogP contribution in [-0.2, 0) is 4.79 Å². The van der Waals surface area contributed by atoms with E-state index < -0.39 is 0 Å². The highest BCUT2D eigenvalue weighted by molar-refractivity contribution is 5.84. The van der Waals surface area contributed by atoms with Crippen molar-refractivity contribution in [2.45, 2.75) is 67.9 Å². The molecule has 3 heteroatoms. The molecular weight excluding hydrogens is 260 g/mol. The van der Waals surface area contributed by atoms with Gasteiger partial charge in [0, 0.05) is 17.7 Å². The molecule has 1 aliphatic heterocycles. The number of allylic oxidation sites excluding steroid dienone is 1. The largest absolute Gasteiger partial charge is 0.328 e. The Hall–Kier alpha value is -0.830. The first-order chi connectivity index (χ1) is 9.39. The lowest BCUT2D eigenvalue weighted by Crippen LogP contribution is -2.47. The maximum Gasteiger partial charge on any atom is 0.241 e. The lowest BCUT2D eigenvalue weighted by atomic mass is 9.78. The van der Waals surface area contributed by atoms with E-state index in [0.717, 1.165) is 18.7 Å². The summed E-state index contributed by atoms with van der Waals surface area (Å²) in [5.41, 5.74) is 2.45. The van der Waals surface area contributed by atoms with Gasteiger partial charge in [0.15, 0.2) is 0 Å². The summed E-state index contributed by atoms with van der Waals surface area (Å²) in [6.45, 7) is 18.4. The van der Waals surface area contributed by atoms with E-state index in [1.165, 1.54) is 5.57 Å². The summed E-state index contributed by atoms with van der Waals surface area (Å²) >= 11 is 0. The van der Waals surface area contributed by atoms with Crippen LogP contribution < -0.4 is 5.32 Å². The number of likely N-dealkylation sites (N-methyl/N-ethyl adjacent to an activating group) is 1. The van der Waals surface area contributed by atoms with Gasteiger partial charge in [-0.3, -0.25) is 9.69 Å². The van der Waals surface area contributed by atoms with Crippen LogP contribution in [0.25, 0.3) is 0 Å². The molecule has 0 radical (unpaired) electrons. The second kappa shape index (κ2) is 6.12. The van der Waals surface area contributed by atoms with Gasteiger partial charge in [-0.25, -0.2) is 0 Å². The molecule has 1 aliphatic rings. The molecule has 1 heterocycles. The first-order valence-electron chi connectivity index (χ1n) is 8.14. The number of nitrogens with zero attached hydrogens (tertiary/aromatic N) is 1. The van der Waals surface area contributed by atoms with E-state index in [2.05, 4.69) is 72.7 Å². The van der Waals surface area contributed by atoms with Gasteiger partial charge >= 0.3 is 0 Å². The predicted molar refractivity (Wildman–Crippen MR) is 90.0 cm³/mol. The average Bonchev–Trinajstić information content (AvgIpc) is 2.43. The van der Waals surface area contributed by atoms with Crippen LogP contribution in [0.4, 0.5) is 0 Å². The minimum atomic E-state index is -0.0521. The Morgan fingerprint density at radius 3 is 2.10 bits per heavy atom. The van der Waals surface area contributed by atoms with Crippen molar-refractivity contribution in [3.63, 3.8) is 0 Å². The van der Waals surface area contributed by atoms with Crippen molar-refractivity contribution >= 4 is 5.91 Å². The Kier molecular flexibility index (Phi) is 5.31. The van der Waals surface area contributed by atoms with E-state index in [9.17, 15) is 4.79 Å². The summed E-state index contributed by atoms with van der Waals surface area (Å²) < 4.78 is 0. The number of carbonyl (C=O) groups excluding carboxylic acids is 1. The molecule has 0 aromatic carbocycles. The zero-order valence-electron chi connectivity index (χ0n) is 15.4. The third kappa shape index (κ3) is 4.09. The highest BCUT2D eigenvalue weighted by Gasteiger charge is 2.38. The van der Waals surface area contributed by atoms with Crippen LogP contribution >= 0.6 is 0 Å². The third-order valence-electron chi connectivity index (χ3n) is 4.54. The van der Waals surface area contributed by atoms with Crippen LogP contribution in [0.3, 0.4) is 0 Å². The molecule has 0 saturated heterocycles. The summed E-state index contributed by atoms with van der Waals surface area (Å²) in [6.07, 6.45) is 1.01. The van der Waals surface area contributed by atoms with Gasteiger partial charge in [-0.1, -0.05) is 61.8 Å². The molecule has 21 heavy (non-hydrogen) atoms. The second-order valence-electron chi connectivity index (χ2n) is 8.59. The van der Waals surface area contributed by atoms with E-state index in [-0.39, 0.29) is 22.8 Å². The normalized spacial score (nSPS) is 23.9. The van der Waals surface area contributed by atoms with Gasteiger partial charge in [-0.2, -0.15) is 0 Å². The molecule has 0 saturated carbocycles. The van der Waals surface area contributed by atoms with Crippen molar-refractivity contribution in [1.82, 2.24) is 10.2 Å². The van der Waals surface area contributed by atoms with Crippen molar-refractivity contribution in [3.05, 3.63) is 11.3 Å². The van der Waals surface area contributed by atoms with Crippen LogP contribution in [0.1, 0.15) is 61.8 Å². The van der Waals surface area contributed by atoms with Gasteiger partial charge in [0.1, 0.15) is 0 Å². The topological polar surface area (TPSA) is 32.3 Å². The van der Waals surface area contributed by atoms with Crippen LogP contribution in [0.5, 0.6) is 0 Å². The maximum absolute atomic E-state index is 12.8. The summed E-state index contributed by atoms with van der Waals surface area (Å²) in [5, 5.41) is 3.27. The van der Waals surface area contributed by atoms with Crippen molar-refractivity contribution in [2.24, 2.45) is 16.7 Å². The highest BCUT2D eigenvalue weighted by Crippen LogP contribution is 2.37. The number of hydrogen-bond donors (Lipinski definition) is 1. The number of amides is 1. The predicted octanol–water partition coefficient (Wildman–Crippen LogP) is 3.81. The van der Waals surface area contributed by atoms with E-state index in [1.54, 1.807) is 0 Å². The molecule has 0 fully saturated rings. The zero-order valence-corrected chi connectivity index (χ0v) is 15.4. The molecule has 122 valence electrons. The van der Waals surface area contributed by atoms with Crippen LogP contribution in [0, 0.1) is 16.7 Å². The quantitative estimate of drug-likeness (QED) is 0.840. The Bertz CT molecular complexity index is 423. The molecule has 1 unspecified atom stereocenters. The molecule has 0 bridgehead atoms. The SMILES string of the molecule is CCC(C)[C@@H]1C(=O)NC(C(C)(C)C)=C(C(C)(C)C)CN1C. The van der Waals surface area contributed by atoms with Gasteiger partial charge in [0.25, 0.3) is 0 Å². The van der Waals surface area contributed by atoms with Crippen molar-refractivity contribution < 1.29 is 4.79 Å². The number of rotatable bonds is 2. The Morgan fingerprint density at radius 2 is 1.71 bits per heavy atom. The smallest absolute Gasteiger partial charge is 0.241 e. The molecule has 1 amide bonds. The first-order valence-corrected chi connectivity index (χ1v) is 8.14. The lowest BCUT2D eigenvalue weighted by molar-refractivity contribution is -0.126. The molecule has 1 rings (SSSR count). The second-order valence-corrected chi connectivity index (χ2v) is 8.59. The fourth-order valence-corrected chi connectivity index (χ4v) is 3.07. The molecule has 0 aromatic rings. The van der Waals surface area contributed by atoms with Gasteiger partial charge in [-0.15, -0.1) is 0 Å². The standard InChI is InChI=1S/C18H34N2O/c1-10-12(2)14-16(21)19-15(18(6,7)8)13(11-20(14)9)17(3,4)5/h12,14H,10-11H2,1-9H3,(H,19,21)/t12?,14-/m1/s1. The third-order valence-corrected chi connectivity index (χ3v) is 4.54. The minimum absolute atomic E-state index is 0.0489. The molecule has 1 N–H and O–H groups in total. The van der Waals surface area contributed by atoms with Crippen LogP contribution in [0.15, 0.2) is 11.3 Å². The number of nitrogens with one attached hydrogen (secondary N) is 1. The van der Waals surface area contributed by atoms with Crippen molar-refractivity contribution in [3.8, 4) is 0 Å². The lowest BCUT2D eigenvalue weighted by Gasteiger charge is -2.33. The Morgan fingerprint density at radius 1 is 1.19 bits per heavy atom. The van der Waals surface area contributed by atoms with E-state index in [0.29, 0.717) is 5.92 Å². The first kappa shape index (κ1) is 18.2. The summed E-state index contributed by atoms with van der Waals surface area (Å²) in [5.74, 6) is 0.506. The van der Waals surface area contributed by atoms with Crippen molar-refractivity contribution in [1.29, 1.82) is 0 Å². The molecule has 2 atom stereocenters. The fraction of sp³-hybridized carbons (Fsp3) is 0.833. The van der Waals surface area contributed by atoms with Crippen molar-refractivity contribution in [2.75, 3.05) is 13.6 Å². The van der Waals surface area contributed by atoms with Gasteiger partial charge in [0.05, 0.1) is 6.04 Å². The Labute approximate surface area is 131 Å². The summed E-state index contributed by atoms with van der Waals surface area (Å²) in [4.78, 5) is 15.0. The fourth-order valence-electron chi connectivity index (χ4n) is 3.07. The average molecular weight is 294 g/mol. The molecular formula is C18H34N2O. The molecule has 0 aromatic heterocycles. The highest BCUT2D eigenvalue weighted by atomic mass is 16.2. The van der Waals surface area contributed by atoms with Crippen LogP contribution in [0.2, 0.25) is 0 Å². The van der Waals surface area contributed by atoms with E-state index in [4.69, 9.17) is 0 Å². The summed E-state index contributed by atoms with van der Waals surface area (Å²) in [6, 6.07) is -0.0489. The van der Waals surface area contributed by atoms with Crippen LogP contribution in [-0.4, -0.2) is 30.4 Å². The van der Waals surface area contributed by atoms with Gasteiger partial charge in [0.2, 0.25) is 5.91 Å².